The van der Waals surface area contributed by atoms with Gasteiger partial charge < -0.3 is 9.64 Å². The fourth-order valence-corrected chi connectivity index (χ4v) is 2.99. The average molecular weight is 388 g/mol. The molecule has 2 aromatic carbocycles. The fourth-order valence-electron chi connectivity index (χ4n) is 2.73. The van der Waals surface area contributed by atoms with Gasteiger partial charge in [-0.15, -0.1) is 0 Å². The van der Waals surface area contributed by atoms with E-state index in [1.165, 1.54) is 5.56 Å². The van der Waals surface area contributed by atoms with E-state index >= 15 is 0 Å². The molecule has 0 aliphatic carbocycles. The molecule has 1 unspecified atom stereocenters. The summed E-state index contributed by atoms with van der Waals surface area (Å²) < 4.78 is 6.30. The monoisotopic (exact) mass is 387 g/mol. The lowest BCUT2D eigenvalue weighted by molar-refractivity contribution is -0.139. The van der Waals surface area contributed by atoms with Gasteiger partial charge in [0.2, 0.25) is 5.91 Å². The summed E-state index contributed by atoms with van der Waals surface area (Å²) in [6, 6.07) is 14.9. The second-order valence-corrected chi connectivity index (χ2v) is 6.72. The molecule has 2 aromatic rings. The van der Waals surface area contributed by atoms with Crippen molar-refractivity contribution in [2.24, 2.45) is 5.92 Å². The number of hydrogen-bond donors (Lipinski definition) is 0. The highest BCUT2D eigenvalue weighted by Gasteiger charge is 2.36. The molecule has 0 saturated carbocycles. The summed E-state index contributed by atoms with van der Waals surface area (Å²) in [5.74, 6) is -0.358. The molecule has 1 heterocycles. The summed E-state index contributed by atoms with van der Waals surface area (Å²) in [4.78, 5) is 26.2. The van der Waals surface area contributed by atoms with Gasteiger partial charge >= 0.3 is 5.97 Å². The van der Waals surface area contributed by atoms with Crippen LogP contribution in [0.1, 0.15) is 18.9 Å². The van der Waals surface area contributed by atoms with Crippen LogP contribution in [-0.2, 0) is 16.0 Å². The average Bonchev–Trinajstić information content (AvgIpc) is 2.99. The van der Waals surface area contributed by atoms with Gasteiger partial charge in [-0.3, -0.25) is 9.59 Å². The van der Waals surface area contributed by atoms with E-state index in [1.54, 1.807) is 17.0 Å². The Morgan fingerprint density at radius 1 is 1.17 bits per heavy atom. The minimum atomic E-state index is -0.438. The second kappa shape index (κ2) is 7.18. The van der Waals surface area contributed by atoms with Gasteiger partial charge in [0.15, 0.2) is 0 Å². The van der Waals surface area contributed by atoms with Gasteiger partial charge in [-0.05, 0) is 48.4 Å². The third-order valence-corrected chi connectivity index (χ3v) is 4.68. The van der Waals surface area contributed by atoms with Crippen molar-refractivity contribution in [3.05, 3.63) is 58.6 Å². The van der Waals surface area contributed by atoms with Crippen LogP contribution >= 0.6 is 15.9 Å². The lowest BCUT2D eigenvalue weighted by Crippen LogP contribution is -2.27. The number of hydrogen-bond acceptors (Lipinski definition) is 3. The van der Waals surface area contributed by atoms with Crippen LogP contribution in [0.3, 0.4) is 0 Å². The molecule has 1 saturated heterocycles. The van der Waals surface area contributed by atoms with Crippen LogP contribution in [0.25, 0.3) is 0 Å². The highest BCUT2D eigenvalue weighted by Crippen LogP contribution is 2.27. The molecule has 124 valence electrons. The molecule has 0 N–H and O–H groups in total. The van der Waals surface area contributed by atoms with Crippen molar-refractivity contribution in [3.63, 3.8) is 0 Å². The predicted molar refractivity (Wildman–Crippen MR) is 96.1 cm³/mol. The maximum absolute atomic E-state index is 12.3. The van der Waals surface area contributed by atoms with Gasteiger partial charge in [-0.25, -0.2) is 0 Å². The Hall–Kier alpha value is -2.14. The number of aryl methyl sites for hydroxylation is 1. The largest absolute Gasteiger partial charge is 0.426 e. The van der Waals surface area contributed by atoms with E-state index in [1.807, 2.05) is 36.4 Å². The van der Waals surface area contributed by atoms with Crippen molar-refractivity contribution in [2.45, 2.75) is 19.8 Å². The number of ether oxygens (including phenoxy) is 1. The van der Waals surface area contributed by atoms with Crippen LogP contribution in [0.15, 0.2) is 53.0 Å². The zero-order valence-corrected chi connectivity index (χ0v) is 15.0. The number of anilines is 1. The maximum Gasteiger partial charge on any atom is 0.316 e. The summed E-state index contributed by atoms with van der Waals surface area (Å²) in [6.07, 6.45) is 1.14. The van der Waals surface area contributed by atoms with Crippen molar-refractivity contribution in [1.29, 1.82) is 0 Å². The highest BCUT2D eigenvalue weighted by atomic mass is 79.9. The summed E-state index contributed by atoms with van der Waals surface area (Å²) in [6.45, 7) is 2.45. The molecule has 1 fully saturated rings. The van der Waals surface area contributed by atoms with Crippen molar-refractivity contribution >= 4 is 33.5 Å². The van der Waals surface area contributed by atoms with E-state index in [0.717, 1.165) is 16.6 Å². The number of nitrogens with zero attached hydrogens (tertiary/aromatic N) is 1. The summed E-state index contributed by atoms with van der Waals surface area (Å²) in [5.41, 5.74) is 2.05. The molecule has 1 aliphatic rings. The van der Waals surface area contributed by atoms with Crippen LogP contribution in [0, 0.1) is 5.92 Å². The number of carbonyl (C=O) groups is 2. The van der Waals surface area contributed by atoms with Crippen molar-refractivity contribution in [1.82, 2.24) is 0 Å². The number of carbonyl (C=O) groups excluding carboxylic acids is 2. The summed E-state index contributed by atoms with van der Waals surface area (Å²) >= 11 is 3.34. The molecule has 0 spiro atoms. The highest BCUT2D eigenvalue weighted by molar-refractivity contribution is 9.10. The van der Waals surface area contributed by atoms with Gasteiger partial charge in [-0.2, -0.15) is 0 Å². The standard InChI is InChI=1S/C19H18BrNO3/c1-2-13-3-7-16(8-4-13)21-12-14(11-18(21)22)19(23)24-17-9-5-15(20)6-10-17/h3-10,14H,2,11-12H2,1H3. The van der Waals surface area contributed by atoms with Gasteiger partial charge in [0.25, 0.3) is 0 Å². The molecule has 24 heavy (non-hydrogen) atoms. The third kappa shape index (κ3) is 3.67. The second-order valence-electron chi connectivity index (χ2n) is 5.80. The predicted octanol–water partition coefficient (Wildman–Crippen LogP) is 3.97. The minimum absolute atomic E-state index is 0.0444. The number of halogens is 1. The lowest BCUT2D eigenvalue weighted by atomic mass is 10.1. The van der Waals surface area contributed by atoms with Gasteiger partial charge in [0.1, 0.15) is 5.75 Å². The Kier molecular flexibility index (Phi) is 5.00. The van der Waals surface area contributed by atoms with Crippen molar-refractivity contribution < 1.29 is 14.3 Å². The van der Waals surface area contributed by atoms with Gasteiger partial charge in [0, 0.05) is 23.1 Å². The molecule has 0 bridgehead atoms. The maximum atomic E-state index is 12.3. The Labute approximate surface area is 149 Å². The van der Waals surface area contributed by atoms with Crippen molar-refractivity contribution in [3.8, 4) is 5.75 Å². The molecular weight excluding hydrogens is 370 g/mol. The van der Waals surface area contributed by atoms with Gasteiger partial charge in [-0.1, -0.05) is 35.0 Å². The Morgan fingerprint density at radius 2 is 1.83 bits per heavy atom. The molecule has 0 radical (unpaired) electrons. The van der Waals surface area contributed by atoms with E-state index < -0.39 is 5.92 Å². The quantitative estimate of drug-likeness (QED) is 0.588. The molecule has 0 aromatic heterocycles. The zero-order chi connectivity index (χ0) is 17.1. The first kappa shape index (κ1) is 16.7. The van der Waals surface area contributed by atoms with Crippen LogP contribution in [-0.4, -0.2) is 18.4 Å². The molecule has 5 heteroatoms. The molecule has 1 amide bonds. The Balaban J connectivity index is 1.67. The smallest absolute Gasteiger partial charge is 0.316 e. The molecular formula is C19H18BrNO3. The number of rotatable bonds is 4. The molecule has 1 atom stereocenters. The number of amides is 1. The zero-order valence-electron chi connectivity index (χ0n) is 13.4. The Bertz CT molecular complexity index is 740. The summed E-state index contributed by atoms with van der Waals surface area (Å²) in [7, 11) is 0. The van der Waals surface area contributed by atoms with Crippen LogP contribution in [0.5, 0.6) is 5.75 Å². The topological polar surface area (TPSA) is 46.6 Å². The number of benzene rings is 2. The third-order valence-electron chi connectivity index (χ3n) is 4.15. The van der Waals surface area contributed by atoms with Crippen LogP contribution in [0.4, 0.5) is 5.69 Å². The van der Waals surface area contributed by atoms with Gasteiger partial charge in [0.05, 0.1) is 5.92 Å². The fraction of sp³-hybridized carbons (Fsp3) is 0.263. The van der Waals surface area contributed by atoms with Crippen LogP contribution in [0.2, 0.25) is 0 Å². The summed E-state index contributed by atoms with van der Waals surface area (Å²) in [5, 5.41) is 0. The first-order valence-electron chi connectivity index (χ1n) is 7.93. The van der Waals surface area contributed by atoms with Crippen molar-refractivity contribution in [2.75, 3.05) is 11.4 Å². The van der Waals surface area contributed by atoms with E-state index in [9.17, 15) is 9.59 Å². The van der Waals surface area contributed by atoms with E-state index in [2.05, 4.69) is 22.9 Å². The van der Waals surface area contributed by atoms with E-state index in [0.29, 0.717) is 12.3 Å². The normalized spacial score (nSPS) is 17.2. The first-order chi connectivity index (χ1) is 11.6. The molecule has 4 nitrogen and oxygen atoms in total. The molecule has 1 aliphatic heterocycles. The number of esters is 1. The SMILES string of the molecule is CCc1ccc(N2CC(C(=O)Oc3ccc(Br)cc3)CC2=O)cc1. The lowest BCUT2D eigenvalue weighted by Gasteiger charge is -2.17. The Morgan fingerprint density at radius 3 is 2.46 bits per heavy atom. The molecule has 3 rings (SSSR count). The first-order valence-corrected chi connectivity index (χ1v) is 8.72. The van der Waals surface area contributed by atoms with E-state index in [4.69, 9.17) is 4.74 Å². The van der Waals surface area contributed by atoms with Crippen LogP contribution < -0.4 is 9.64 Å². The van der Waals surface area contributed by atoms with E-state index in [-0.39, 0.29) is 18.3 Å². The minimum Gasteiger partial charge on any atom is -0.426 e.